The van der Waals surface area contributed by atoms with Gasteiger partial charge in [-0.3, -0.25) is 0 Å². The first-order valence-corrected chi connectivity index (χ1v) is 8.14. The van der Waals surface area contributed by atoms with Crippen LogP contribution in [0, 0.1) is 17.8 Å². The van der Waals surface area contributed by atoms with Crippen LogP contribution in [0.25, 0.3) is 10.2 Å². The highest BCUT2D eigenvalue weighted by atomic mass is 32.1. The van der Waals surface area contributed by atoms with Gasteiger partial charge in [-0.15, -0.1) is 11.3 Å². The molecule has 2 fully saturated rings. The minimum atomic E-state index is 0.522. The molecule has 1 N–H and O–H groups in total. The molecule has 4 atom stereocenters. The van der Waals surface area contributed by atoms with E-state index in [-0.39, 0.29) is 0 Å². The minimum absolute atomic E-state index is 0.522. The van der Waals surface area contributed by atoms with Crippen LogP contribution in [0.5, 0.6) is 0 Å². The van der Waals surface area contributed by atoms with Gasteiger partial charge in [-0.25, -0.2) is 9.97 Å². The van der Waals surface area contributed by atoms with Gasteiger partial charge in [-0.2, -0.15) is 0 Å². The zero-order chi connectivity index (χ0) is 12.8. The second-order valence-electron chi connectivity index (χ2n) is 6.13. The lowest BCUT2D eigenvalue weighted by Gasteiger charge is -2.29. The molecule has 0 radical (unpaired) electrons. The number of fused-ring (bicyclic) bond motifs is 3. The number of thiophene rings is 1. The van der Waals surface area contributed by atoms with Crippen molar-refractivity contribution in [2.75, 3.05) is 5.32 Å². The maximum atomic E-state index is 4.44. The van der Waals surface area contributed by atoms with E-state index in [4.69, 9.17) is 0 Å². The predicted octanol–water partition coefficient (Wildman–Crippen LogP) is 3.93. The maximum Gasteiger partial charge on any atom is 0.138 e. The van der Waals surface area contributed by atoms with Crippen molar-refractivity contribution in [1.29, 1.82) is 0 Å². The molecule has 19 heavy (non-hydrogen) atoms. The average molecular weight is 273 g/mol. The van der Waals surface area contributed by atoms with Gasteiger partial charge in [-0.05, 0) is 55.4 Å². The van der Waals surface area contributed by atoms with E-state index >= 15 is 0 Å². The van der Waals surface area contributed by atoms with Crippen molar-refractivity contribution >= 4 is 27.4 Å². The van der Waals surface area contributed by atoms with Gasteiger partial charge in [0, 0.05) is 6.04 Å². The summed E-state index contributed by atoms with van der Waals surface area (Å²) in [7, 11) is 0. The quantitative estimate of drug-likeness (QED) is 0.920. The molecule has 2 saturated carbocycles. The van der Waals surface area contributed by atoms with E-state index in [2.05, 4.69) is 33.7 Å². The van der Waals surface area contributed by atoms with Crippen LogP contribution in [-0.2, 0) is 0 Å². The molecule has 4 heteroatoms. The SMILES string of the molecule is C[C@H](Nc1ncnc2sccc12)[C@H]1C[C@H]2CC[C@H]1C2. The summed E-state index contributed by atoms with van der Waals surface area (Å²) < 4.78 is 0. The average Bonchev–Trinajstić information content (AvgIpc) is 3.14. The monoisotopic (exact) mass is 273 g/mol. The van der Waals surface area contributed by atoms with Crippen LogP contribution in [0.3, 0.4) is 0 Å². The molecule has 0 aliphatic heterocycles. The second-order valence-corrected chi connectivity index (χ2v) is 7.03. The molecule has 2 bridgehead atoms. The molecule has 2 aromatic heterocycles. The molecule has 0 spiro atoms. The fraction of sp³-hybridized carbons (Fsp3) is 0.600. The molecule has 3 nitrogen and oxygen atoms in total. The number of anilines is 1. The Morgan fingerprint density at radius 1 is 1.32 bits per heavy atom. The number of hydrogen-bond acceptors (Lipinski definition) is 4. The van der Waals surface area contributed by atoms with Gasteiger partial charge in [0.25, 0.3) is 0 Å². The number of nitrogens with one attached hydrogen (secondary N) is 1. The molecular formula is C15H19N3S. The Labute approximate surface area is 117 Å². The van der Waals surface area contributed by atoms with Crippen LogP contribution in [0.1, 0.15) is 32.6 Å². The first-order valence-electron chi connectivity index (χ1n) is 7.26. The van der Waals surface area contributed by atoms with Crippen LogP contribution in [-0.4, -0.2) is 16.0 Å². The van der Waals surface area contributed by atoms with Crippen molar-refractivity contribution in [3.63, 3.8) is 0 Å². The van der Waals surface area contributed by atoms with Crippen LogP contribution in [0.15, 0.2) is 17.8 Å². The van der Waals surface area contributed by atoms with Gasteiger partial charge in [0.05, 0.1) is 5.39 Å². The topological polar surface area (TPSA) is 37.8 Å². The van der Waals surface area contributed by atoms with Crippen molar-refractivity contribution in [2.45, 2.75) is 38.6 Å². The zero-order valence-corrected chi connectivity index (χ0v) is 12.0. The molecule has 4 rings (SSSR count). The second kappa shape index (κ2) is 4.44. The molecule has 0 unspecified atom stereocenters. The van der Waals surface area contributed by atoms with E-state index in [1.807, 2.05) is 0 Å². The molecular weight excluding hydrogens is 254 g/mol. The first kappa shape index (κ1) is 11.6. The lowest BCUT2D eigenvalue weighted by molar-refractivity contribution is 0.304. The highest BCUT2D eigenvalue weighted by molar-refractivity contribution is 7.16. The molecule has 2 aliphatic carbocycles. The summed E-state index contributed by atoms with van der Waals surface area (Å²) in [6.45, 7) is 2.33. The van der Waals surface area contributed by atoms with Crippen LogP contribution >= 0.6 is 11.3 Å². The van der Waals surface area contributed by atoms with Gasteiger partial charge >= 0.3 is 0 Å². The molecule has 0 saturated heterocycles. The van der Waals surface area contributed by atoms with Gasteiger partial charge in [0.2, 0.25) is 0 Å². The summed E-state index contributed by atoms with van der Waals surface area (Å²) in [6, 6.07) is 2.64. The third-order valence-electron chi connectivity index (χ3n) is 5.06. The maximum absolute atomic E-state index is 4.44. The molecule has 2 aromatic rings. The number of hydrogen-bond donors (Lipinski definition) is 1. The third-order valence-corrected chi connectivity index (χ3v) is 5.88. The molecule has 0 aromatic carbocycles. The Hall–Kier alpha value is -1.16. The highest BCUT2D eigenvalue weighted by Crippen LogP contribution is 2.49. The Morgan fingerprint density at radius 3 is 3.05 bits per heavy atom. The normalized spacial score (nSPS) is 30.9. The van der Waals surface area contributed by atoms with Crippen LogP contribution in [0.4, 0.5) is 5.82 Å². The van der Waals surface area contributed by atoms with E-state index in [1.54, 1.807) is 17.7 Å². The Morgan fingerprint density at radius 2 is 2.26 bits per heavy atom. The standard InChI is InChI=1S/C15H19N3S/c1-9(13-7-10-2-3-11(13)6-10)18-14-12-4-5-19-15(12)17-8-16-14/h4-5,8-11,13H,2-3,6-7H2,1H3,(H,16,17,18)/t9-,10-,11-,13+/m0/s1. The van der Waals surface area contributed by atoms with Crippen LogP contribution < -0.4 is 5.32 Å². The minimum Gasteiger partial charge on any atom is -0.367 e. The summed E-state index contributed by atoms with van der Waals surface area (Å²) in [5.41, 5.74) is 0. The van der Waals surface area contributed by atoms with Crippen molar-refractivity contribution in [3.8, 4) is 0 Å². The summed E-state index contributed by atoms with van der Waals surface area (Å²) >= 11 is 1.68. The van der Waals surface area contributed by atoms with E-state index in [0.29, 0.717) is 6.04 Å². The summed E-state index contributed by atoms with van der Waals surface area (Å²) in [4.78, 5) is 9.83. The summed E-state index contributed by atoms with van der Waals surface area (Å²) in [5, 5.41) is 6.91. The number of rotatable bonds is 3. The number of nitrogens with zero attached hydrogens (tertiary/aromatic N) is 2. The van der Waals surface area contributed by atoms with Crippen molar-refractivity contribution < 1.29 is 0 Å². The molecule has 0 amide bonds. The van der Waals surface area contributed by atoms with Crippen molar-refractivity contribution in [1.82, 2.24) is 9.97 Å². The van der Waals surface area contributed by atoms with Crippen LogP contribution in [0.2, 0.25) is 0 Å². The van der Waals surface area contributed by atoms with E-state index < -0.39 is 0 Å². The lowest BCUT2D eigenvalue weighted by Crippen LogP contribution is -2.30. The summed E-state index contributed by atoms with van der Waals surface area (Å²) in [5.74, 6) is 3.81. The Bertz CT molecular complexity index is 594. The molecule has 100 valence electrons. The Kier molecular flexibility index (Phi) is 2.72. The van der Waals surface area contributed by atoms with Gasteiger partial charge in [0.15, 0.2) is 0 Å². The van der Waals surface area contributed by atoms with Gasteiger partial charge in [-0.1, -0.05) is 6.42 Å². The smallest absolute Gasteiger partial charge is 0.138 e. The molecule has 2 aliphatic rings. The molecule has 2 heterocycles. The van der Waals surface area contributed by atoms with Gasteiger partial charge in [0.1, 0.15) is 17.0 Å². The first-order chi connectivity index (χ1) is 9.31. The van der Waals surface area contributed by atoms with Crippen molar-refractivity contribution in [3.05, 3.63) is 17.8 Å². The fourth-order valence-electron chi connectivity index (χ4n) is 4.13. The van der Waals surface area contributed by atoms with Crippen molar-refractivity contribution in [2.24, 2.45) is 17.8 Å². The zero-order valence-electron chi connectivity index (χ0n) is 11.2. The number of aromatic nitrogens is 2. The fourth-order valence-corrected chi connectivity index (χ4v) is 4.87. The predicted molar refractivity (Wildman–Crippen MR) is 79.4 cm³/mol. The van der Waals surface area contributed by atoms with E-state index in [9.17, 15) is 0 Å². The Balaban J connectivity index is 1.56. The summed E-state index contributed by atoms with van der Waals surface area (Å²) in [6.07, 6.45) is 7.47. The van der Waals surface area contributed by atoms with E-state index in [1.165, 1.54) is 31.1 Å². The highest BCUT2D eigenvalue weighted by Gasteiger charge is 2.41. The van der Waals surface area contributed by atoms with Gasteiger partial charge < -0.3 is 5.32 Å². The lowest BCUT2D eigenvalue weighted by atomic mass is 9.84. The van der Waals surface area contributed by atoms with E-state index in [0.717, 1.165) is 28.4 Å². The largest absolute Gasteiger partial charge is 0.367 e. The third kappa shape index (κ3) is 1.93.